The van der Waals surface area contributed by atoms with Gasteiger partial charge in [-0.2, -0.15) is 0 Å². The number of alkyl halides is 3. The number of halogens is 3. The molecule has 0 saturated carbocycles. The number of aromatic amines is 1. The Labute approximate surface area is 105 Å². The number of phenols is 1. The minimum Gasteiger partial charge on any atom is -0.507 e. The lowest BCUT2D eigenvalue weighted by Gasteiger charge is -2.11. The number of rotatable bonds is 2. The van der Waals surface area contributed by atoms with Gasteiger partial charge in [0.2, 0.25) is 5.56 Å². The van der Waals surface area contributed by atoms with Crippen LogP contribution in [0.3, 0.4) is 0 Å². The molecule has 7 heteroatoms. The first-order valence-electron chi connectivity index (χ1n) is 5.13. The average molecular weight is 271 g/mol. The van der Waals surface area contributed by atoms with Gasteiger partial charge in [0.1, 0.15) is 11.5 Å². The number of benzene rings is 1. The third-order valence-electron chi connectivity index (χ3n) is 2.29. The zero-order valence-corrected chi connectivity index (χ0v) is 9.36. The molecule has 0 aliphatic heterocycles. The van der Waals surface area contributed by atoms with Crippen molar-refractivity contribution in [1.29, 1.82) is 0 Å². The van der Waals surface area contributed by atoms with E-state index in [0.29, 0.717) is 0 Å². The highest BCUT2D eigenvalue weighted by atomic mass is 19.4. The van der Waals surface area contributed by atoms with Gasteiger partial charge in [0, 0.05) is 17.8 Å². The van der Waals surface area contributed by atoms with Crippen LogP contribution < -0.4 is 10.3 Å². The number of pyridine rings is 1. The number of ether oxygens (including phenoxy) is 1. The van der Waals surface area contributed by atoms with Crippen LogP contribution in [0.15, 0.2) is 41.3 Å². The van der Waals surface area contributed by atoms with E-state index in [1.165, 1.54) is 12.3 Å². The summed E-state index contributed by atoms with van der Waals surface area (Å²) in [6.45, 7) is 0. The van der Waals surface area contributed by atoms with E-state index in [0.717, 1.165) is 24.3 Å². The van der Waals surface area contributed by atoms with Gasteiger partial charge in [-0.05, 0) is 29.8 Å². The number of hydrogen-bond acceptors (Lipinski definition) is 3. The van der Waals surface area contributed by atoms with Crippen molar-refractivity contribution in [2.24, 2.45) is 0 Å². The number of hydrogen-bond donors (Lipinski definition) is 2. The maximum atomic E-state index is 12.1. The summed E-state index contributed by atoms with van der Waals surface area (Å²) in [5, 5.41) is 9.63. The van der Waals surface area contributed by atoms with Gasteiger partial charge in [-0.3, -0.25) is 4.79 Å². The van der Waals surface area contributed by atoms with Crippen molar-refractivity contribution >= 4 is 0 Å². The van der Waals surface area contributed by atoms with Gasteiger partial charge < -0.3 is 14.8 Å². The third-order valence-corrected chi connectivity index (χ3v) is 2.29. The Morgan fingerprint density at radius 1 is 1.16 bits per heavy atom. The number of H-pyrrole nitrogens is 1. The Morgan fingerprint density at radius 3 is 2.53 bits per heavy atom. The van der Waals surface area contributed by atoms with Crippen molar-refractivity contribution in [3.8, 4) is 22.6 Å². The van der Waals surface area contributed by atoms with Crippen LogP contribution >= 0.6 is 0 Å². The normalized spacial score (nSPS) is 11.3. The van der Waals surface area contributed by atoms with Gasteiger partial charge >= 0.3 is 6.36 Å². The molecule has 4 nitrogen and oxygen atoms in total. The predicted molar refractivity (Wildman–Crippen MR) is 60.8 cm³/mol. The number of nitrogens with one attached hydrogen (secondary N) is 1. The molecular weight excluding hydrogens is 263 g/mol. The topological polar surface area (TPSA) is 62.3 Å². The van der Waals surface area contributed by atoms with Crippen LogP contribution in [0.4, 0.5) is 13.2 Å². The molecule has 0 amide bonds. The summed E-state index contributed by atoms with van der Waals surface area (Å²) in [6.07, 6.45) is -3.49. The molecule has 0 bridgehead atoms. The average Bonchev–Trinajstić information content (AvgIpc) is 2.30. The second-order valence-corrected chi connectivity index (χ2v) is 3.67. The van der Waals surface area contributed by atoms with E-state index < -0.39 is 17.7 Å². The van der Waals surface area contributed by atoms with Gasteiger partial charge in [0.15, 0.2) is 0 Å². The van der Waals surface area contributed by atoms with E-state index in [4.69, 9.17) is 0 Å². The highest BCUT2D eigenvalue weighted by Crippen LogP contribution is 2.33. The Balaban J connectivity index is 2.46. The molecule has 2 aromatic rings. The van der Waals surface area contributed by atoms with Crippen molar-refractivity contribution in [2.75, 3.05) is 0 Å². The van der Waals surface area contributed by atoms with Crippen LogP contribution in [0.2, 0.25) is 0 Å². The fraction of sp³-hybridized carbons (Fsp3) is 0.0833. The molecule has 0 spiro atoms. The highest BCUT2D eigenvalue weighted by molar-refractivity contribution is 5.71. The monoisotopic (exact) mass is 271 g/mol. The summed E-state index contributed by atoms with van der Waals surface area (Å²) >= 11 is 0. The zero-order valence-electron chi connectivity index (χ0n) is 9.36. The molecule has 0 aliphatic carbocycles. The van der Waals surface area contributed by atoms with Crippen LogP contribution in [-0.4, -0.2) is 16.5 Å². The van der Waals surface area contributed by atoms with Crippen molar-refractivity contribution in [3.05, 3.63) is 46.9 Å². The molecular formula is C12H8F3NO3. The molecule has 0 saturated heterocycles. The zero-order chi connectivity index (χ0) is 14.0. The van der Waals surface area contributed by atoms with Gasteiger partial charge in [-0.1, -0.05) is 0 Å². The molecule has 19 heavy (non-hydrogen) atoms. The lowest BCUT2D eigenvalue weighted by molar-refractivity contribution is -0.274. The summed E-state index contributed by atoms with van der Waals surface area (Å²) in [5.74, 6) is -0.722. The predicted octanol–water partition coefficient (Wildman–Crippen LogP) is 2.65. The Kier molecular flexibility index (Phi) is 3.20. The Hall–Kier alpha value is -2.44. The third kappa shape index (κ3) is 3.27. The van der Waals surface area contributed by atoms with Gasteiger partial charge in [0.25, 0.3) is 0 Å². The van der Waals surface area contributed by atoms with Crippen LogP contribution in [-0.2, 0) is 0 Å². The lowest BCUT2D eigenvalue weighted by atomic mass is 10.1. The summed E-state index contributed by atoms with van der Waals surface area (Å²) in [6, 6.07) is 5.68. The smallest absolute Gasteiger partial charge is 0.507 e. The minimum absolute atomic E-state index is 0.0767. The molecule has 0 unspecified atom stereocenters. The molecule has 0 radical (unpaired) electrons. The molecule has 100 valence electrons. The first kappa shape index (κ1) is 13.0. The Bertz CT molecular complexity index is 649. The number of aromatic hydroxyl groups is 1. The number of aromatic nitrogens is 1. The van der Waals surface area contributed by atoms with Crippen molar-refractivity contribution in [3.63, 3.8) is 0 Å². The van der Waals surface area contributed by atoms with Gasteiger partial charge in [0.05, 0.1) is 0 Å². The summed E-state index contributed by atoms with van der Waals surface area (Å²) in [7, 11) is 0. The molecule has 0 aliphatic rings. The van der Waals surface area contributed by atoms with Crippen LogP contribution in [0.5, 0.6) is 11.5 Å². The molecule has 1 aromatic carbocycles. The van der Waals surface area contributed by atoms with E-state index in [9.17, 15) is 23.1 Å². The first-order valence-corrected chi connectivity index (χ1v) is 5.13. The van der Waals surface area contributed by atoms with Gasteiger partial charge in [-0.15, -0.1) is 13.2 Å². The molecule has 0 fully saturated rings. The highest BCUT2D eigenvalue weighted by Gasteiger charge is 2.31. The van der Waals surface area contributed by atoms with E-state index in [1.54, 1.807) is 0 Å². The van der Waals surface area contributed by atoms with Crippen molar-refractivity contribution in [1.82, 2.24) is 4.98 Å². The minimum atomic E-state index is -4.82. The van der Waals surface area contributed by atoms with E-state index in [2.05, 4.69) is 9.72 Å². The largest absolute Gasteiger partial charge is 0.573 e. The molecule has 2 rings (SSSR count). The summed E-state index contributed by atoms with van der Waals surface area (Å²) in [5.41, 5.74) is -0.0687. The van der Waals surface area contributed by atoms with E-state index in [1.807, 2.05) is 0 Å². The lowest BCUT2D eigenvalue weighted by Crippen LogP contribution is -2.17. The molecule has 1 heterocycles. The van der Waals surface area contributed by atoms with Crippen LogP contribution in [0, 0.1) is 0 Å². The standard InChI is InChI=1S/C12H8F3NO3/c13-12(14,15)19-8-1-2-10(17)9(6-8)7-3-4-16-11(18)5-7/h1-6,17H,(H,16,18). The Morgan fingerprint density at radius 2 is 1.89 bits per heavy atom. The fourth-order valence-corrected chi connectivity index (χ4v) is 1.56. The maximum Gasteiger partial charge on any atom is 0.573 e. The van der Waals surface area contributed by atoms with Crippen molar-refractivity contribution < 1.29 is 23.0 Å². The van der Waals surface area contributed by atoms with E-state index in [-0.39, 0.29) is 16.9 Å². The van der Waals surface area contributed by atoms with E-state index >= 15 is 0 Å². The SMILES string of the molecule is O=c1cc(-c2cc(OC(F)(F)F)ccc2O)cc[nH]1. The number of phenolic OH excluding ortho intramolecular Hbond substituents is 1. The van der Waals surface area contributed by atoms with Crippen LogP contribution in [0.25, 0.3) is 11.1 Å². The maximum absolute atomic E-state index is 12.1. The molecule has 0 atom stereocenters. The summed E-state index contributed by atoms with van der Waals surface area (Å²) < 4.78 is 40.1. The molecule has 2 N–H and O–H groups in total. The first-order chi connectivity index (χ1) is 8.85. The quantitative estimate of drug-likeness (QED) is 0.882. The second-order valence-electron chi connectivity index (χ2n) is 3.67. The molecule has 1 aromatic heterocycles. The fourth-order valence-electron chi connectivity index (χ4n) is 1.56. The van der Waals surface area contributed by atoms with Gasteiger partial charge in [-0.25, -0.2) is 0 Å². The second kappa shape index (κ2) is 4.68. The van der Waals surface area contributed by atoms with Crippen molar-refractivity contribution in [2.45, 2.75) is 6.36 Å². The summed E-state index contributed by atoms with van der Waals surface area (Å²) in [4.78, 5) is 13.5. The van der Waals surface area contributed by atoms with Crippen LogP contribution in [0.1, 0.15) is 0 Å².